The van der Waals surface area contributed by atoms with Gasteiger partial charge >= 0.3 is 5.97 Å². The molecule has 0 radical (unpaired) electrons. The summed E-state index contributed by atoms with van der Waals surface area (Å²) < 4.78 is 5.57. The lowest BCUT2D eigenvalue weighted by Gasteiger charge is -2.39. The Hall–Kier alpha value is -2.56. The first-order valence-electron chi connectivity index (χ1n) is 10.4. The maximum Gasteiger partial charge on any atom is 0.336 e. The van der Waals surface area contributed by atoms with Crippen molar-refractivity contribution in [2.24, 2.45) is 5.41 Å². The summed E-state index contributed by atoms with van der Waals surface area (Å²) in [6.45, 7) is 8.51. The molecule has 0 bridgehead atoms. The highest BCUT2D eigenvalue weighted by Gasteiger charge is 2.43. The van der Waals surface area contributed by atoms with Crippen LogP contribution in [0.5, 0.6) is 5.75 Å². The summed E-state index contributed by atoms with van der Waals surface area (Å²) >= 11 is 0. The summed E-state index contributed by atoms with van der Waals surface area (Å²) in [5.74, 6) is -0.648. The van der Waals surface area contributed by atoms with Crippen molar-refractivity contribution in [1.82, 2.24) is 5.32 Å². The standard InChI is InChI=1S/C24H31NO4/c1-5-6-7-12-29-23(28)20-15(2)25-18-13-24(3,4)14-19(27)22(18)21(20)16-8-10-17(26)11-9-16/h8-11,21,25-26H,5-7,12-14H2,1-4H3/t21-/m0/s1. The number of dihydropyridines is 1. The van der Waals surface area contributed by atoms with Crippen LogP contribution in [0.2, 0.25) is 0 Å². The number of benzene rings is 1. The monoisotopic (exact) mass is 397 g/mol. The van der Waals surface area contributed by atoms with Crippen LogP contribution in [0.1, 0.15) is 71.3 Å². The zero-order valence-electron chi connectivity index (χ0n) is 17.8. The first-order valence-corrected chi connectivity index (χ1v) is 10.4. The van der Waals surface area contributed by atoms with Gasteiger partial charge in [0.05, 0.1) is 12.2 Å². The van der Waals surface area contributed by atoms with Gasteiger partial charge in [-0.15, -0.1) is 0 Å². The van der Waals surface area contributed by atoms with Gasteiger partial charge in [-0.2, -0.15) is 0 Å². The maximum absolute atomic E-state index is 13.1. The predicted molar refractivity (Wildman–Crippen MR) is 112 cm³/mol. The molecule has 0 spiro atoms. The van der Waals surface area contributed by atoms with Gasteiger partial charge in [-0.25, -0.2) is 4.79 Å². The fraction of sp³-hybridized carbons (Fsp3) is 0.500. The highest BCUT2D eigenvalue weighted by molar-refractivity contribution is 6.04. The number of unbranched alkanes of at least 4 members (excludes halogenated alkanes) is 2. The number of aromatic hydroxyl groups is 1. The van der Waals surface area contributed by atoms with Crippen LogP contribution in [-0.2, 0) is 14.3 Å². The van der Waals surface area contributed by atoms with Gasteiger partial charge < -0.3 is 15.2 Å². The van der Waals surface area contributed by atoms with E-state index in [2.05, 4.69) is 26.1 Å². The van der Waals surface area contributed by atoms with Crippen LogP contribution >= 0.6 is 0 Å². The van der Waals surface area contributed by atoms with Crippen LogP contribution in [0.25, 0.3) is 0 Å². The molecule has 0 fully saturated rings. The number of carbonyl (C=O) groups excluding carboxylic acids is 2. The van der Waals surface area contributed by atoms with Crippen molar-refractivity contribution in [2.75, 3.05) is 6.61 Å². The van der Waals surface area contributed by atoms with E-state index in [-0.39, 0.29) is 22.9 Å². The van der Waals surface area contributed by atoms with Gasteiger partial charge in [0.25, 0.3) is 0 Å². The molecule has 0 unspecified atom stereocenters. The van der Waals surface area contributed by atoms with Crippen molar-refractivity contribution >= 4 is 11.8 Å². The Morgan fingerprint density at radius 2 is 1.90 bits per heavy atom. The van der Waals surface area contributed by atoms with Gasteiger partial charge in [-0.05, 0) is 42.9 Å². The lowest BCUT2D eigenvalue weighted by atomic mass is 9.68. The van der Waals surface area contributed by atoms with E-state index in [1.165, 1.54) is 0 Å². The number of carbonyl (C=O) groups is 2. The molecule has 156 valence electrons. The number of Topliss-reactive ketones (excluding diaryl/α,β-unsaturated/α-hetero) is 1. The number of hydrogen-bond acceptors (Lipinski definition) is 5. The Labute approximate surface area is 172 Å². The van der Waals surface area contributed by atoms with E-state index in [9.17, 15) is 14.7 Å². The molecule has 1 aromatic carbocycles. The molecule has 0 saturated carbocycles. The van der Waals surface area contributed by atoms with E-state index in [0.29, 0.717) is 24.2 Å². The number of ether oxygens (including phenoxy) is 1. The zero-order chi connectivity index (χ0) is 21.2. The molecule has 5 nitrogen and oxygen atoms in total. The number of hydrogen-bond donors (Lipinski definition) is 2. The van der Waals surface area contributed by atoms with E-state index in [4.69, 9.17) is 4.74 Å². The Kier molecular flexibility index (Phi) is 6.15. The number of nitrogens with one attached hydrogen (secondary N) is 1. The third kappa shape index (κ3) is 4.55. The fourth-order valence-electron chi connectivity index (χ4n) is 4.30. The number of ketones is 1. The smallest absolute Gasteiger partial charge is 0.336 e. The number of rotatable bonds is 6. The molecule has 29 heavy (non-hydrogen) atoms. The fourth-order valence-corrected chi connectivity index (χ4v) is 4.30. The van der Waals surface area contributed by atoms with Gasteiger partial charge in [0.2, 0.25) is 0 Å². The first kappa shape index (κ1) is 21.2. The van der Waals surface area contributed by atoms with Gasteiger partial charge in [0.1, 0.15) is 5.75 Å². The molecular weight excluding hydrogens is 366 g/mol. The van der Waals surface area contributed by atoms with Crippen LogP contribution in [-0.4, -0.2) is 23.5 Å². The van der Waals surface area contributed by atoms with Crippen LogP contribution in [0.15, 0.2) is 46.8 Å². The van der Waals surface area contributed by atoms with Crippen molar-refractivity contribution in [1.29, 1.82) is 0 Å². The number of phenolic OH excluding ortho intramolecular Hbond substituents is 1. The number of esters is 1. The van der Waals surface area contributed by atoms with Gasteiger partial charge in [0.15, 0.2) is 5.78 Å². The van der Waals surface area contributed by atoms with E-state index in [1.54, 1.807) is 24.3 Å². The largest absolute Gasteiger partial charge is 0.508 e. The van der Waals surface area contributed by atoms with Crippen LogP contribution in [0, 0.1) is 5.41 Å². The van der Waals surface area contributed by atoms with E-state index < -0.39 is 5.92 Å². The summed E-state index contributed by atoms with van der Waals surface area (Å²) in [7, 11) is 0. The van der Waals surface area contributed by atoms with Gasteiger partial charge in [0, 0.05) is 29.3 Å². The molecule has 5 heteroatoms. The minimum Gasteiger partial charge on any atom is -0.508 e. The SMILES string of the molecule is CCCCCOC(=O)C1=C(C)NC2=C(C(=O)CC(C)(C)C2)[C@H]1c1ccc(O)cc1. The molecule has 2 N–H and O–H groups in total. The highest BCUT2D eigenvalue weighted by atomic mass is 16.5. The van der Waals surface area contributed by atoms with Gasteiger partial charge in [-0.1, -0.05) is 45.7 Å². The van der Waals surface area contributed by atoms with Crippen molar-refractivity contribution in [3.8, 4) is 5.75 Å². The molecular formula is C24H31NO4. The minimum absolute atomic E-state index is 0.0607. The van der Waals surface area contributed by atoms with Crippen LogP contribution in [0.4, 0.5) is 0 Å². The molecule has 1 heterocycles. The Morgan fingerprint density at radius 3 is 2.55 bits per heavy atom. The Morgan fingerprint density at radius 1 is 1.21 bits per heavy atom. The number of phenols is 1. The summed E-state index contributed by atoms with van der Waals surface area (Å²) in [6.07, 6.45) is 4.08. The minimum atomic E-state index is -0.478. The molecule has 0 amide bonds. The van der Waals surface area contributed by atoms with E-state index >= 15 is 0 Å². The second-order valence-electron chi connectivity index (χ2n) is 8.86. The second-order valence-corrected chi connectivity index (χ2v) is 8.86. The normalized spacial score (nSPS) is 21.0. The average Bonchev–Trinajstić information content (AvgIpc) is 2.63. The summed E-state index contributed by atoms with van der Waals surface area (Å²) in [6, 6.07) is 6.74. The third-order valence-electron chi connectivity index (χ3n) is 5.67. The number of allylic oxidation sites excluding steroid dienone is 3. The predicted octanol–water partition coefficient (Wildman–Crippen LogP) is 4.73. The molecule has 0 aromatic heterocycles. The molecule has 1 aromatic rings. The van der Waals surface area contributed by atoms with E-state index in [0.717, 1.165) is 42.6 Å². The van der Waals surface area contributed by atoms with Crippen molar-refractivity contribution in [2.45, 2.75) is 65.7 Å². The lowest BCUT2D eigenvalue weighted by molar-refractivity contribution is -0.139. The average molecular weight is 398 g/mol. The quantitative estimate of drug-likeness (QED) is 0.536. The van der Waals surface area contributed by atoms with Crippen LogP contribution < -0.4 is 5.32 Å². The molecule has 1 atom stereocenters. The summed E-state index contributed by atoms with van der Waals surface area (Å²) in [5, 5.41) is 13.0. The van der Waals surface area contributed by atoms with Crippen molar-refractivity contribution in [3.05, 3.63) is 52.4 Å². The van der Waals surface area contributed by atoms with Crippen molar-refractivity contribution < 1.29 is 19.4 Å². The second kappa shape index (κ2) is 8.44. The Balaban J connectivity index is 2.01. The topological polar surface area (TPSA) is 75.6 Å². The first-order chi connectivity index (χ1) is 13.7. The molecule has 1 aliphatic heterocycles. The molecule has 2 aliphatic rings. The van der Waals surface area contributed by atoms with Gasteiger partial charge in [-0.3, -0.25) is 4.79 Å². The zero-order valence-corrected chi connectivity index (χ0v) is 17.8. The third-order valence-corrected chi connectivity index (χ3v) is 5.67. The van der Waals surface area contributed by atoms with Crippen molar-refractivity contribution in [3.63, 3.8) is 0 Å². The van der Waals surface area contributed by atoms with E-state index in [1.807, 2.05) is 6.92 Å². The molecule has 3 rings (SSSR count). The summed E-state index contributed by atoms with van der Waals surface area (Å²) in [5.41, 5.74) is 3.45. The molecule has 0 saturated heterocycles. The lowest BCUT2D eigenvalue weighted by Crippen LogP contribution is -2.38. The van der Waals surface area contributed by atoms with Crippen LogP contribution in [0.3, 0.4) is 0 Å². The Bertz CT molecular complexity index is 861. The highest BCUT2D eigenvalue weighted by Crippen LogP contribution is 2.46. The molecule has 1 aliphatic carbocycles. The maximum atomic E-state index is 13.1. The summed E-state index contributed by atoms with van der Waals surface area (Å²) in [4.78, 5) is 26.2.